The summed E-state index contributed by atoms with van der Waals surface area (Å²) in [5, 5.41) is 3.16. The Morgan fingerprint density at radius 1 is 1.32 bits per heavy atom. The molecule has 0 aliphatic rings. The van der Waals surface area contributed by atoms with Crippen molar-refractivity contribution >= 4 is 0 Å². The van der Waals surface area contributed by atoms with Gasteiger partial charge in [-0.2, -0.15) is 0 Å². The van der Waals surface area contributed by atoms with E-state index < -0.39 is 0 Å². The summed E-state index contributed by atoms with van der Waals surface area (Å²) in [6.07, 6.45) is 1.85. The van der Waals surface area contributed by atoms with Crippen molar-refractivity contribution in [3.63, 3.8) is 0 Å². The van der Waals surface area contributed by atoms with Gasteiger partial charge in [0.15, 0.2) is 0 Å². The lowest BCUT2D eigenvalue weighted by Crippen LogP contribution is -2.08. The van der Waals surface area contributed by atoms with Crippen LogP contribution in [0.3, 0.4) is 0 Å². The van der Waals surface area contributed by atoms with Gasteiger partial charge in [0.25, 0.3) is 0 Å². The Labute approximate surface area is 114 Å². The maximum absolute atomic E-state index is 5.56. The highest BCUT2D eigenvalue weighted by Crippen LogP contribution is 2.35. The number of methoxy groups -OCH3 is 1. The standard InChI is InChI=1S/C15H21N3O/c1-10-6-11(2)14(13(7-10)19-5)15-12(8-16-3)17-9-18(15)4/h6-7,9,16H,8H2,1-5H3. The van der Waals surface area contributed by atoms with E-state index in [2.05, 4.69) is 36.3 Å². The Hall–Kier alpha value is -1.81. The molecule has 0 unspecified atom stereocenters. The summed E-state index contributed by atoms with van der Waals surface area (Å²) in [6.45, 7) is 4.94. The second-order valence-corrected chi connectivity index (χ2v) is 4.84. The molecule has 0 aliphatic carbocycles. The zero-order chi connectivity index (χ0) is 14.0. The number of imidazole rings is 1. The Bertz CT molecular complexity index is 587. The lowest BCUT2D eigenvalue weighted by Gasteiger charge is -2.15. The van der Waals surface area contributed by atoms with Gasteiger partial charge in [0.05, 0.1) is 24.8 Å². The molecule has 0 bridgehead atoms. The largest absolute Gasteiger partial charge is 0.496 e. The minimum absolute atomic E-state index is 0.743. The van der Waals surface area contributed by atoms with Crippen LogP contribution in [0.5, 0.6) is 5.75 Å². The Morgan fingerprint density at radius 3 is 2.68 bits per heavy atom. The van der Waals surface area contributed by atoms with Gasteiger partial charge in [-0.05, 0) is 38.1 Å². The van der Waals surface area contributed by atoms with Gasteiger partial charge in [0, 0.05) is 19.2 Å². The highest BCUT2D eigenvalue weighted by Gasteiger charge is 2.17. The van der Waals surface area contributed by atoms with Gasteiger partial charge in [0.2, 0.25) is 0 Å². The van der Waals surface area contributed by atoms with E-state index in [9.17, 15) is 0 Å². The molecule has 1 aromatic heterocycles. The number of nitrogens with zero attached hydrogens (tertiary/aromatic N) is 2. The maximum Gasteiger partial charge on any atom is 0.128 e. The number of hydrogen-bond donors (Lipinski definition) is 1. The van der Waals surface area contributed by atoms with E-state index in [1.165, 1.54) is 11.1 Å². The zero-order valence-corrected chi connectivity index (χ0v) is 12.2. The predicted molar refractivity (Wildman–Crippen MR) is 77.4 cm³/mol. The van der Waals surface area contributed by atoms with Crippen LogP contribution in [-0.2, 0) is 13.6 Å². The highest BCUT2D eigenvalue weighted by molar-refractivity contribution is 5.74. The van der Waals surface area contributed by atoms with Crippen molar-refractivity contribution in [2.75, 3.05) is 14.2 Å². The summed E-state index contributed by atoms with van der Waals surface area (Å²) >= 11 is 0. The van der Waals surface area contributed by atoms with Gasteiger partial charge in [-0.3, -0.25) is 0 Å². The lowest BCUT2D eigenvalue weighted by atomic mass is 10.00. The fourth-order valence-corrected chi connectivity index (χ4v) is 2.49. The molecule has 0 spiro atoms. The number of aryl methyl sites for hydroxylation is 3. The van der Waals surface area contributed by atoms with Crippen LogP contribution in [0.25, 0.3) is 11.3 Å². The van der Waals surface area contributed by atoms with Crippen LogP contribution in [0.2, 0.25) is 0 Å². The second kappa shape index (κ2) is 5.45. The van der Waals surface area contributed by atoms with E-state index in [-0.39, 0.29) is 0 Å². The first-order chi connectivity index (χ1) is 9.08. The first kappa shape index (κ1) is 13.6. The summed E-state index contributed by atoms with van der Waals surface area (Å²) in [5.74, 6) is 0.901. The molecular weight excluding hydrogens is 238 g/mol. The SMILES string of the molecule is CNCc1ncn(C)c1-c1c(C)cc(C)cc1OC. The van der Waals surface area contributed by atoms with Gasteiger partial charge in [-0.1, -0.05) is 6.07 Å². The second-order valence-electron chi connectivity index (χ2n) is 4.84. The van der Waals surface area contributed by atoms with E-state index in [0.29, 0.717) is 0 Å². The fourth-order valence-electron chi connectivity index (χ4n) is 2.49. The molecule has 4 nitrogen and oxygen atoms in total. The molecule has 2 aromatic rings. The van der Waals surface area contributed by atoms with Crippen molar-refractivity contribution in [3.05, 3.63) is 35.3 Å². The quantitative estimate of drug-likeness (QED) is 0.916. The fraction of sp³-hybridized carbons (Fsp3) is 0.400. The van der Waals surface area contributed by atoms with Gasteiger partial charge in [-0.25, -0.2) is 4.98 Å². The first-order valence-electron chi connectivity index (χ1n) is 6.39. The Balaban J connectivity index is 2.67. The minimum atomic E-state index is 0.743. The third-order valence-electron chi connectivity index (χ3n) is 3.26. The van der Waals surface area contributed by atoms with Gasteiger partial charge >= 0.3 is 0 Å². The monoisotopic (exact) mass is 259 g/mol. The number of benzene rings is 1. The molecule has 4 heteroatoms. The Morgan fingerprint density at radius 2 is 2.05 bits per heavy atom. The lowest BCUT2D eigenvalue weighted by molar-refractivity contribution is 0.415. The number of ether oxygens (including phenoxy) is 1. The molecule has 0 radical (unpaired) electrons. The molecule has 2 rings (SSSR count). The van der Waals surface area contributed by atoms with E-state index >= 15 is 0 Å². The summed E-state index contributed by atoms with van der Waals surface area (Å²) in [6, 6.07) is 4.24. The Kier molecular flexibility index (Phi) is 3.90. The average Bonchev–Trinajstić information content (AvgIpc) is 2.71. The summed E-state index contributed by atoms with van der Waals surface area (Å²) in [5.41, 5.74) is 5.69. The number of aromatic nitrogens is 2. The van der Waals surface area contributed by atoms with Crippen LogP contribution in [0, 0.1) is 13.8 Å². The van der Waals surface area contributed by atoms with Crippen LogP contribution in [0.15, 0.2) is 18.5 Å². The number of rotatable bonds is 4. The van der Waals surface area contributed by atoms with E-state index in [4.69, 9.17) is 4.74 Å². The average molecular weight is 259 g/mol. The van der Waals surface area contributed by atoms with Crippen molar-refractivity contribution < 1.29 is 4.74 Å². The van der Waals surface area contributed by atoms with Crippen LogP contribution in [-0.4, -0.2) is 23.7 Å². The maximum atomic E-state index is 5.56. The van der Waals surface area contributed by atoms with E-state index in [0.717, 1.165) is 29.2 Å². The first-order valence-corrected chi connectivity index (χ1v) is 6.39. The molecule has 1 heterocycles. The molecular formula is C15H21N3O. The molecule has 0 fully saturated rings. The summed E-state index contributed by atoms with van der Waals surface area (Å²) in [4.78, 5) is 4.47. The van der Waals surface area contributed by atoms with Crippen molar-refractivity contribution in [2.24, 2.45) is 7.05 Å². The smallest absolute Gasteiger partial charge is 0.128 e. The molecule has 1 aromatic carbocycles. The van der Waals surface area contributed by atoms with Crippen molar-refractivity contribution in [1.29, 1.82) is 0 Å². The molecule has 0 amide bonds. The van der Waals surface area contributed by atoms with E-state index in [1.807, 2.05) is 25.0 Å². The predicted octanol–water partition coefficient (Wildman–Crippen LogP) is 2.43. The van der Waals surface area contributed by atoms with Gasteiger partial charge in [-0.15, -0.1) is 0 Å². The number of nitrogens with one attached hydrogen (secondary N) is 1. The van der Waals surface area contributed by atoms with Crippen molar-refractivity contribution in [1.82, 2.24) is 14.9 Å². The molecule has 1 N–H and O–H groups in total. The van der Waals surface area contributed by atoms with Gasteiger partial charge in [0.1, 0.15) is 5.75 Å². The highest BCUT2D eigenvalue weighted by atomic mass is 16.5. The van der Waals surface area contributed by atoms with Gasteiger partial charge < -0.3 is 14.6 Å². The van der Waals surface area contributed by atoms with E-state index in [1.54, 1.807) is 7.11 Å². The topological polar surface area (TPSA) is 39.1 Å². The van der Waals surface area contributed by atoms with Crippen molar-refractivity contribution in [2.45, 2.75) is 20.4 Å². The normalized spacial score (nSPS) is 10.8. The third kappa shape index (κ3) is 2.49. The van der Waals surface area contributed by atoms with Crippen LogP contribution < -0.4 is 10.1 Å². The summed E-state index contributed by atoms with van der Waals surface area (Å²) in [7, 11) is 5.66. The van der Waals surface area contributed by atoms with Crippen LogP contribution in [0.4, 0.5) is 0 Å². The minimum Gasteiger partial charge on any atom is -0.496 e. The number of hydrogen-bond acceptors (Lipinski definition) is 3. The molecule has 0 saturated carbocycles. The van der Waals surface area contributed by atoms with Crippen LogP contribution in [0.1, 0.15) is 16.8 Å². The molecule has 0 aliphatic heterocycles. The molecule has 19 heavy (non-hydrogen) atoms. The van der Waals surface area contributed by atoms with Crippen molar-refractivity contribution in [3.8, 4) is 17.0 Å². The zero-order valence-electron chi connectivity index (χ0n) is 12.2. The third-order valence-corrected chi connectivity index (χ3v) is 3.26. The van der Waals surface area contributed by atoms with Crippen LogP contribution >= 0.6 is 0 Å². The molecule has 102 valence electrons. The molecule has 0 atom stereocenters. The summed E-state index contributed by atoms with van der Waals surface area (Å²) < 4.78 is 7.61. The molecule has 0 saturated heterocycles.